The minimum atomic E-state index is -0.164. The number of esters is 1. The molecular formula is C17H31N5O2S. The molecule has 0 bridgehead atoms. The van der Waals surface area contributed by atoms with Crippen molar-refractivity contribution in [2.75, 3.05) is 29.6 Å². The van der Waals surface area contributed by atoms with E-state index >= 15 is 0 Å². The summed E-state index contributed by atoms with van der Waals surface area (Å²) in [6.45, 7) is 2.75. The molecule has 1 aromatic heterocycles. The standard InChI is InChI=1S/C17H31N5O2S/c1-2-3-4-5-6-7-8-9-11-24-15(23)13-25-12-10-14-20-16(18)22-17(19)21-14/h2-13H2,1H3,(H4,18,19,20,21,22). The molecule has 0 aliphatic heterocycles. The highest BCUT2D eigenvalue weighted by Crippen LogP contribution is 2.09. The fraction of sp³-hybridized carbons (Fsp3) is 0.765. The molecule has 0 aromatic carbocycles. The van der Waals surface area contributed by atoms with Gasteiger partial charge in [0.25, 0.3) is 0 Å². The molecule has 8 heteroatoms. The Morgan fingerprint density at radius 2 is 1.56 bits per heavy atom. The highest BCUT2D eigenvalue weighted by Gasteiger charge is 2.05. The van der Waals surface area contributed by atoms with Gasteiger partial charge in [-0.1, -0.05) is 51.9 Å². The van der Waals surface area contributed by atoms with Crippen molar-refractivity contribution in [1.82, 2.24) is 15.0 Å². The maximum Gasteiger partial charge on any atom is 0.315 e. The van der Waals surface area contributed by atoms with E-state index in [9.17, 15) is 4.79 Å². The van der Waals surface area contributed by atoms with Crippen LogP contribution in [0.4, 0.5) is 11.9 Å². The molecule has 7 nitrogen and oxygen atoms in total. The highest BCUT2D eigenvalue weighted by molar-refractivity contribution is 7.99. The van der Waals surface area contributed by atoms with Crippen molar-refractivity contribution >= 4 is 29.6 Å². The largest absolute Gasteiger partial charge is 0.465 e. The van der Waals surface area contributed by atoms with Crippen molar-refractivity contribution in [2.24, 2.45) is 0 Å². The Balaban J connectivity index is 1.95. The molecule has 0 amide bonds. The Morgan fingerprint density at radius 1 is 0.960 bits per heavy atom. The topological polar surface area (TPSA) is 117 Å². The Labute approximate surface area is 154 Å². The molecule has 0 aliphatic carbocycles. The molecule has 0 radical (unpaired) electrons. The number of ether oxygens (including phenoxy) is 1. The Bertz CT molecular complexity index is 482. The van der Waals surface area contributed by atoms with E-state index in [-0.39, 0.29) is 17.9 Å². The monoisotopic (exact) mass is 369 g/mol. The molecule has 0 fully saturated rings. The fourth-order valence-electron chi connectivity index (χ4n) is 2.35. The van der Waals surface area contributed by atoms with E-state index in [1.165, 1.54) is 50.3 Å². The number of hydrogen-bond acceptors (Lipinski definition) is 8. The minimum absolute atomic E-state index is 0.122. The third-order valence-corrected chi connectivity index (χ3v) is 4.60. The second-order valence-electron chi connectivity index (χ2n) is 5.97. The summed E-state index contributed by atoms with van der Waals surface area (Å²) < 4.78 is 5.24. The summed E-state index contributed by atoms with van der Waals surface area (Å²) in [5, 5.41) is 0. The van der Waals surface area contributed by atoms with E-state index in [4.69, 9.17) is 16.2 Å². The average molecular weight is 370 g/mol. The minimum Gasteiger partial charge on any atom is -0.465 e. The summed E-state index contributed by atoms with van der Waals surface area (Å²) in [6.07, 6.45) is 10.5. The highest BCUT2D eigenvalue weighted by atomic mass is 32.2. The van der Waals surface area contributed by atoms with E-state index in [2.05, 4.69) is 21.9 Å². The van der Waals surface area contributed by atoms with Gasteiger partial charge in [-0.15, -0.1) is 11.8 Å². The molecule has 4 N–H and O–H groups in total. The summed E-state index contributed by atoms with van der Waals surface area (Å²) in [5.74, 6) is 1.67. The Hall–Kier alpha value is -1.57. The van der Waals surface area contributed by atoms with E-state index in [1.807, 2.05) is 0 Å². The molecule has 1 heterocycles. The molecular weight excluding hydrogens is 338 g/mol. The van der Waals surface area contributed by atoms with Gasteiger partial charge < -0.3 is 16.2 Å². The van der Waals surface area contributed by atoms with Crippen LogP contribution in [0.3, 0.4) is 0 Å². The van der Waals surface area contributed by atoms with Crippen molar-refractivity contribution in [1.29, 1.82) is 0 Å². The number of unbranched alkanes of at least 4 members (excludes halogenated alkanes) is 7. The Kier molecular flexibility index (Phi) is 11.8. The number of hydrogen-bond donors (Lipinski definition) is 2. The molecule has 1 rings (SSSR count). The molecule has 142 valence electrons. The first-order valence-corrected chi connectivity index (χ1v) is 10.3. The zero-order valence-corrected chi connectivity index (χ0v) is 16.0. The predicted octanol–water partition coefficient (Wildman–Crippen LogP) is 3.00. The number of nitrogen functional groups attached to an aromatic ring is 2. The number of anilines is 2. The number of rotatable bonds is 14. The number of carbonyl (C=O) groups is 1. The lowest BCUT2D eigenvalue weighted by molar-refractivity contribution is -0.140. The molecule has 0 saturated heterocycles. The zero-order valence-electron chi connectivity index (χ0n) is 15.2. The van der Waals surface area contributed by atoms with Gasteiger partial charge in [0.05, 0.1) is 12.4 Å². The number of aryl methyl sites for hydroxylation is 1. The quantitative estimate of drug-likeness (QED) is 0.379. The van der Waals surface area contributed by atoms with Gasteiger partial charge in [-0.3, -0.25) is 4.79 Å². The van der Waals surface area contributed by atoms with Crippen LogP contribution in [0.2, 0.25) is 0 Å². The van der Waals surface area contributed by atoms with Crippen molar-refractivity contribution < 1.29 is 9.53 Å². The first-order chi connectivity index (χ1) is 12.1. The summed E-state index contributed by atoms with van der Waals surface area (Å²) in [5.41, 5.74) is 11.0. The number of thioether (sulfide) groups is 1. The number of nitrogens with two attached hydrogens (primary N) is 2. The number of nitrogens with zero attached hydrogens (tertiary/aromatic N) is 3. The van der Waals surface area contributed by atoms with Gasteiger partial charge in [-0.2, -0.15) is 15.0 Å². The summed E-state index contributed by atoms with van der Waals surface area (Å²) >= 11 is 1.49. The van der Waals surface area contributed by atoms with Crippen LogP contribution in [-0.2, 0) is 16.0 Å². The van der Waals surface area contributed by atoms with E-state index in [0.29, 0.717) is 30.4 Å². The van der Waals surface area contributed by atoms with Crippen molar-refractivity contribution in [2.45, 2.75) is 64.7 Å². The predicted molar refractivity (Wildman–Crippen MR) is 103 cm³/mol. The molecule has 0 unspecified atom stereocenters. The van der Waals surface area contributed by atoms with Gasteiger partial charge >= 0.3 is 5.97 Å². The van der Waals surface area contributed by atoms with Crippen LogP contribution in [0.15, 0.2) is 0 Å². The average Bonchev–Trinajstić information content (AvgIpc) is 2.56. The van der Waals surface area contributed by atoms with Crippen molar-refractivity contribution in [3.8, 4) is 0 Å². The van der Waals surface area contributed by atoms with Gasteiger partial charge in [0, 0.05) is 12.2 Å². The van der Waals surface area contributed by atoms with Gasteiger partial charge in [0.2, 0.25) is 11.9 Å². The van der Waals surface area contributed by atoms with Gasteiger partial charge in [-0.25, -0.2) is 0 Å². The second kappa shape index (κ2) is 13.7. The van der Waals surface area contributed by atoms with Crippen LogP contribution >= 0.6 is 11.8 Å². The van der Waals surface area contributed by atoms with E-state index in [1.54, 1.807) is 0 Å². The Morgan fingerprint density at radius 3 is 2.20 bits per heavy atom. The summed E-state index contributed by atoms with van der Waals surface area (Å²) in [7, 11) is 0. The van der Waals surface area contributed by atoms with Crippen LogP contribution in [0.1, 0.15) is 64.1 Å². The smallest absolute Gasteiger partial charge is 0.315 e. The van der Waals surface area contributed by atoms with Crippen LogP contribution < -0.4 is 11.5 Å². The van der Waals surface area contributed by atoms with Crippen LogP contribution in [0, 0.1) is 0 Å². The van der Waals surface area contributed by atoms with Gasteiger partial charge in [0.1, 0.15) is 5.82 Å². The van der Waals surface area contributed by atoms with Crippen molar-refractivity contribution in [3.63, 3.8) is 0 Å². The summed E-state index contributed by atoms with van der Waals surface area (Å²) in [6, 6.07) is 0. The third-order valence-electron chi connectivity index (χ3n) is 3.67. The molecule has 0 saturated carbocycles. The zero-order chi connectivity index (χ0) is 18.3. The maximum absolute atomic E-state index is 11.6. The lowest BCUT2D eigenvalue weighted by atomic mass is 10.1. The van der Waals surface area contributed by atoms with Crippen molar-refractivity contribution in [3.05, 3.63) is 5.82 Å². The van der Waals surface area contributed by atoms with Crippen LogP contribution in [0.5, 0.6) is 0 Å². The third kappa shape index (κ3) is 11.6. The van der Waals surface area contributed by atoms with Gasteiger partial charge in [-0.05, 0) is 6.42 Å². The number of carbonyl (C=O) groups excluding carboxylic acids is 1. The maximum atomic E-state index is 11.6. The summed E-state index contributed by atoms with van der Waals surface area (Å²) in [4.78, 5) is 23.4. The molecule has 0 aliphatic rings. The van der Waals surface area contributed by atoms with Crippen LogP contribution in [-0.4, -0.2) is 39.0 Å². The molecule has 0 spiro atoms. The lowest BCUT2D eigenvalue weighted by Crippen LogP contribution is -2.10. The SMILES string of the molecule is CCCCCCCCCCOC(=O)CSCCc1nc(N)nc(N)n1. The molecule has 0 atom stereocenters. The second-order valence-corrected chi connectivity index (χ2v) is 7.07. The lowest BCUT2D eigenvalue weighted by Gasteiger charge is -2.05. The van der Waals surface area contributed by atoms with Crippen LogP contribution in [0.25, 0.3) is 0 Å². The molecule has 25 heavy (non-hydrogen) atoms. The van der Waals surface area contributed by atoms with E-state index < -0.39 is 0 Å². The number of aromatic nitrogens is 3. The first-order valence-electron chi connectivity index (χ1n) is 9.11. The molecule has 1 aromatic rings. The normalized spacial score (nSPS) is 10.8. The van der Waals surface area contributed by atoms with E-state index in [0.717, 1.165) is 12.8 Å². The fourth-order valence-corrected chi connectivity index (χ4v) is 3.07. The first kappa shape index (κ1) is 21.5. The van der Waals surface area contributed by atoms with Gasteiger partial charge in [0.15, 0.2) is 0 Å².